The number of aliphatic hydroxyl groups is 1. The molecule has 6 heteroatoms. The first-order chi connectivity index (χ1) is 11.5. The summed E-state index contributed by atoms with van der Waals surface area (Å²) in [6.45, 7) is 1.83. The molecule has 128 valence electrons. The van der Waals surface area contributed by atoms with Gasteiger partial charge in [0, 0.05) is 13.0 Å². The first-order valence-electron chi connectivity index (χ1n) is 7.69. The Bertz CT molecular complexity index is 679. The molecular weight excluding hydrogens is 311 g/mol. The zero-order valence-corrected chi connectivity index (χ0v) is 13.4. The molecule has 0 radical (unpaired) electrons. The molecule has 5 nitrogen and oxygen atoms in total. The van der Waals surface area contributed by atoms with E-state index in [9.17, 15) is 14.3 Å². The Kier molecular flexibility index (Phi) is 6.14. The van der Waals surface area contributed by atoms with Gasteiger partial charge >= 0.3 is 6.03 Å². The fraction of sp³-hybridized carbons (Fsp3) is 0.278. The number of aromatic hydroxyl groups is 1. The van der Waals surface area contributed by atoms with Gasteiger partial charge in [-0.15, -0.1) is 0 Å². The molecule has 2 unspecified atom stereocenters. The van der Waals surface area contributed by atoms with Crippen LogP contribution in [-0.2, 0) is 13.0 Å². The highest BCUT2D eigenvalue weighted by molar-refractivity contribution is 5.74. The van der Waals surface area contributed by atoms with E-state index in [1.807, 2.05) is 30.3 Å². The number of amides is 2. The van der Waals surface area contributed by atoms with E-state index in [0.29, 0.717) is 12.0 Å². The van der Waals surface area contributed by atoms with Crippen molar-refractivity contribution in [2.75, 3.05) is 0 Å². The van der Waals surface area contributed by atoms with Crippen LogP contribution in [0.1, 0.15) is 18.1 Å². The van der Waals surface area contributed by atoms with E-state index in [4.69, 9.17) is 5.11 Å². The lowest BCUT2D eigenvalue weighted by Crippen LogP contribution is -2.46. The minimum atomic E-state index is -0.735. The average Bonchev–Trinajstić information content (AvgIpc) is 2.56. The summed E-state index contributed by atoms with van der Waals surface area (Å²) < 4.78 is 13.2. The second-order valence-corrected chi connectivity index (χ2v) is 5.66. The minimum Gasteiger partial charge on any atom is -0.505 e. The molecule has 0 heterocycles. The molecule has 2 amide bonds. The van der Waals surface area contributed by atoms with Crippen molar-refractivity contribution in [3.63, 3.8) is 0 Å². The average molecular weight is 332 g/mol. The molecule has 0 aliphatic rings. The Hall–Kier alpha value is -2.60. The number of benzene rings is 2. The molecule has 0 aromatic heterocycles. The largest absolute Gasteiger partial charge is 0.505 e. The number of carbonyl (C=O) groups excluding carboxylic acids is 1. The van der Waals surface area contributed by atoms with Crippen molar-refractivity contribution in [1.82, 2.24) is 10.6 Å². The Morgan fingerprint density at radius 2 is 1.88 bits per heavy atom. The molecule has 0 fully saturated rings. The number of urea groups is 1. The predicted molar refractivity (Wildman–Crippen MR) is 89.1 cm³/mol. The van der Waals surface area contributed by atoms with Crippen LogP contribution >= 0.6 is 0 Å². The van der Waals surface area contributed by atoms with Crippen molar-refractivity contribution >= 4 is 6.03 Å². The second kappa shape index (κ2) is 8.31. The van der Waals surface area contributed by atoms with E-state index in [2.05, 4.69) is 10.6 Å². The van der Waals surface area contributed by atoms with Gasteiger partial charge in [-0.1, -0.05) is 36.4 Å². The van der Waals surface area contributed by atoms with E-state index < -0.39 is 29.7 Å². The van der Waals surface area contributed by atoms with Gasteiger partial charge in [-0.05, 0) is 30.2 Å². The fourth-order valence-electron chi connectivity index (χ4n) is 2.23. The Labute approximate surface area is 140 Å². The number of hydrogen-bond donors (Lipinski definition) is 4. The summed E-state index contributed by atoms with van der Waals surface area (Å²) in [5, 5.41) is 24.5. The normalized spacial score (nSPS) is 13.1. The number of phenolic OH excluding ortho intramolecular Hbond substituents is 1. The summed E-state index contributed by atoms with van der Waals surface area (Å²) in [5.41, 5.74) is 1.51. The number of halogens is 1. The first kappa shape index (κ1) is 17.7. The van der Waals surface area contributed by atoms with Gasteiger partial charge in [0.2, 0.25) is 0 Å². The van der Waals surface area contributed by atoms with Gasteiger partial charge in [0.15, 0.2) is 11.6 Å². The first-order valence-corrected chi connectivity index (χ1v) is 7.69. The minimum absolute atomic E-state index is 0.116. The van der Waals surface area contributed by atoms with Crippen LogP contribution in [-0.4, -0.2) is 28.4 Å². The van der Waals surface area contributed by atoms with Crippen LogP contribution < -0.4 is 10.6 Å². The van der Waals surface area contributed by atoms with Gasteiger partial charge in [-0.2, -0.15) is 0 Å². The lowest BCUT2D eigenvalue weighted by molar-refractivity contribution is 0.136. The van der Waals surface area contributed by atoms with Crippen LogP contribution in [0.2, 0.25) is 0 Å². The maximum atomic E-state index is 13.2. The van der Waals surface area contributed by atoms with Crippen molar-refractivity contribution in [2.24, 2.45) is 0 Å². The number of nitrogens with one attached hydrogen (secondary N) is 2. The van der Waals surface area contributed by atoms with Crippen molar-refractivity contribution in [1.29, 1.82) is 0 Å². The summed E-state index contributed by atoms with van der Waals surface area (Å²) in [6.07, 6.45) is -0.282. The topological polar surface area (TPSA) is 81.6 Å². The molecule has 2 aromatic carbocycles. The van der Waals surface area contributed by atoms with Gasteiger partial charge in [0.1, 0.15) is 0 Å². The fourth-order valence-corrected chi connectivity index (χ4v) is 2.23. The van der Waals surface area contributed by atoms with E-state index in [1.165, 1.54) is 12.1 Å². The van der Waals surface area contributed by atoms with Gasteiger partial charge in [0.25, 0.3) is 0 Å². The van der Waals surface area contributed by atoms with Crippen molar-refractivity contribution < 1.29 is 19.4 Å². The smallest absolute Gasteiger partial charge is 0.315 e. The van der Waals surface area contributed by atoms with Crippen molar-refractivity contribution in [3.05, 3.63) is 65.5 Å². The molecule has 0 aliphatic heterocycles. The predicted octanol–water partition coefficient (Wildman–Crippen LogP) is 2.32. The highest BCUT2D eigenvalue weighted by Crippen LogP contribution is 2.15. The summed E-state index contributed by atoms with van der Waals surface area (Å²) in [5.74, 6) is -1.16. The molecule has 0 saturated carbocycles. The lowest BCUT2D eigenvalue weighted by Gasteiger charge is -2.20. The van der Waals surface area contributed by atoms with E-state index in [1.54, 1.807) is 6.92 Å². The monoisotopic (exact) mass is 332 g/mol. The summed E-state index contributed by atoms with van der Waals surface area (Å²) in [7, 11) is 0. The van der Waals surface area contributed by atoms with Crippen molar-refractivity contribution in [3.8, 4) is 5.75 Å². The van der Waals surface area contributed by atoms with Crippen molar-refractivity contribution in [2.45, 2.75) is 32.0 Å². The highest BCUT2D eigenvalue weighted by atomic mass is 19.1. The lowest BCUT2D eigenvalue weighted by atomic mass is 10.0. The number of aliphatic hydroxyl groups excluding tert-OH is 1. The maximum Gasteiger partial charge on any atom is 0.315 e. The van der Waals surface area contributed by atoms with Crippen LogP contribution in [0.3, 0.4) is 0 Å². The molecule has 0 saturated heterocycles. The standard InChI is InChI=1S/C18H21FN2O3/c1-12(17(23)10-13-5-3-2-4-6-13)21-18(24)20-11-14-7-8-16(22)15(19)9-14/h2-9,12,17,22-23H,10-11H2,1H3,(H2,20,21,24). The molecule has 0 aliphatic carbocycles. The maximum absolute atomic E-state index is 13.2. The summed E-state index contributed by atoms with van der Waals surface area (Å²) >= 11 is 0. The van der Waals surface area contributed by atoms with Crippen LogP contribution in [0.15, 0.2) is 48.5 Å². The Balaban J connectivity index is 1.79. The molecule has 24 heavy (non-hydrogen) atoms. The zero-order chi connectivity index (χ0) is 17.5. The molecule has 2 atom stereocenters. The number of rotatable bonds is 6. The summed E-state index contributed by atoms with van der Waals surface area (Å²) in [6, 6.07) is 12.5. The van der Waals surface area contributed by atoms with Crippen LogP contribution in [0.5, 0.6) is 5.75 Å². The third kappa shape index (κ3) is 5.24. The third-order valence-corrected chi connectivity index (χ3v) is 3.69. The SMILES string of the molecule is CC(NC(=O)NCc1ccc(O)c(F)c1)C(O)Cc1ccccc1. The van der Waals surface area contributed by atoms with Gasteiger partial charge in [-0.25, -0.2) is 9.18 Å². The van der Waals surface area contributed by atoms with Gasteiger partial charge in [-0.3, -0.25) is 0 Å². The van der Waals surface area contributed by atoms with Gasteiger partial charge in [0.05, 0.1) is 12.1 Å². The van der Waals surface area contributed by atoms with Crippen LogP contribution in [0.4, 0.5) is 9.18 Å². The van der Waals surface area contributed by atoms with E-state index in [-0.39, 0.29) is 6.54 Å². The summed E-state index contributed by atoms with van der Waals surface area (Å²) in [4.78, 5) is 11.9. The van der Waals surface area contributed by atoms with Crippen LogP contribution in [0.25, 0.3) is 0 Å². The second-order valence-electron chi connectivity index (χ2n) is 5.66. The molecule has 2 rings (SSSR count). The van der Waals surface area contributed by atoms with E-state index in [0.717, 1.165) is 11.6 Å². The number of phenols is 1. The zero-order valence-electron chi connectivity index (χ0n) is 13.4. The Morgan fingerprint density at radius 1 is 1.17 bits per heavy atom. The molecule has 0 bridgehead atoms. The quantitative estimate of drug-likeness (QED) is 0.655. The Morgan fingerprint density at radius 3 is 2.54 bits per heavy atom. The molecular formula is C18H21FN2O3. The molecule has 4 N–H and O–H groups in total. The van der Waals surface area contributed by atoms with E-state index >= 15 is 0 Å². The molecule has 2 aromatic rings. The third-order valence-electron chi connectivity index (χ3n) is 3.69. The highest BCUT2D eigenvalue weighted by Gasteiger charge is 2.17. The molecule has 0 spiro atoms. The number of carbonyl (C=O) groups is 1. The van der Waals surface area contributed by atoms with Crippen LogP contribution in [0, 0.1) is 5.82 Å². The number of hydrogen-bond acceptors (Lipinski definition) is 3. The van der Waals surface area contributed by atoms with Gasteiger partial charge < -0.3 is 20.8 Å².